The van der Waals surface area contributed by atoms with E-state index in [1.807, 2.05) is 6.07 Å². The lowest BCUT2D eigenvalue weighted by Crippen LogP contribution is -3.00. The van der Waals surface area contributed by atoms with Gasteiger partial charge in [-0.25, -0.2) is 0 Å². The van der Waals surface area contributed by atoms with Crippen molar-refractivity contribution in [3.63, 3.8) is 0 Å². The van der Waals surface area contributed by atoms with Crippen LogP contribution in [-0.2, 0) is 0 Å². The Bertz CT molecular complexity index is 592. The molecule has 0 aliphatic heterocycles. The number of hydrogen-bond acceptors (Lipinski definition) is 2. The highest BCUT2D eigenvalue weighted by Gasteiger charge is 2.10. The average Bonchev–Trinajstić information content (AvgIpc) is 2.77. The van der Waals surface area contributed by atoms with Crippen molar-refractivity contribution in [1.82, 2.24) is 4.37 Å². The summed E-state index contributed by atoms with van der Waals surface area (Å²) in [5.41, 5.74) is 3.63. The molecule has 0 saturated carbocycles. The fourth-order valence-corrected chi connectivity index (χ4v) is 3.35. The minimum atomic E-state index is 0. The van der Waals surface area contributed by atoms with Crippen LogP contribution in [0.3, 0.4) is 0 Å². The summed E-state index contributed by atoms with van der Waals surface area (Å²) in [5, 5.41) is 0. The molecule has 0 amide bonds. The highest BCUT2D eigenvalue weighted by molar-refractivity contribution is 7.69. The Kier molecular flexibility index (Phi) is 3.49. The summed E-state index contributed by atoms with van der Waals surface area (Å²) in [6.45, 7) is 0. The molecule has 1 heterocycles. The number of rotatable bonds is 1. The fourth-order valence-electron chi connectivity index (χ4n) is 1.57. The van der Waals surface area contributed by atoms with Crippen LogP contribution in [-0.4, -0.2) is 4.37 Å². The summed E-state index contributed by atoms with van der Waals surface area (Å²) < 4.78 is 5.58. The average molecular weight is 266 g/mol. The van der Waals surface area contributed by atoms with Crippen molar-refractivity contribution in [3.05, 3.63) is 48.5 Å². The summed E-state index contributed by atoms with van der Waals surface area (Å²) in [5.74, 6) is 0. The quantitative estimate of drug-likeness (QED) is 0.478. The topological polar surface area (TPSA) is 12.9 Å². The molecule has 80 valence electrons. The summed E-state index contributed by atoms with van der Waals surface area (Å²) in [6.07, 6.45) is 0. The van der Waals surface area contributed by atoms with Gasteiger partial charge in [0.05, 0.1) is 0 Å². The molecule has 3 aromatic rings. The largest absolute Gasteiger partial charge is 1.00 e. The van der Waals surface area contributed by atoms with E-state index < -0.39 is 0 Å². The maximum Gasteiger partial charge on any atom is 0.323 e. The van der Waals surface area contributed by atoms with E-state index in [4.69, 9.17) is 0 Å². The van der Waals surface area contributed by atoms with Gasteiger partial charge in [-0.3, -0.25) is 0 Å². The van der Waals surface area contributed by atoms with Crippen molar-refractivity contribution in [3.8, 4) is 11.1 Å². The minimum Gasteiger partial charge on any atom is -1.00 e. The number of nitrogens with zero attached hydrogens (tertiary/aromatic N) is 1. The highest BCUT2D eigenvalue weighted by Crippen LogP contribution is 2.27. The maximum absolute atomic E-state index is 4.31. The predicted octanol–water partition coefficient (Wildman–Crippen LogP) is 1.31. The number of aromatic nitrogens is 1. The van der Waals surface area contributed by atoms with Gasteiger partial charge >= 0.3 is 10.3 Å². The SMILES string of the molecule is [Cl-].c1ccc(-c2ccc3ns[s+]c3c2)cc1. The van der Waals surface area contributed by atoms with Gasteiger partial charge in [-0.1, -0.05) is 36.4 Å². The molecule has 1 aromatic heterocycles. The van der Waals surface area contributed by atoms with Gasteiger partial charge in [0.2, 0.25) is 0 Å². The Morgan fingerprint density at radius 3 is 2.56 bits per heavy atom. The molecule has 0 bridgehead atoms. The standard InChI is InChI=1S/C12H8NS2.ClH/c1-2-4-9(5-3-1)10-6-7-11-12(8-10)14-15-13-11;/h1-8H;1H/q+1;/p-1. The van der Waals surface area contributed by atoms with Gasteiger partial charge in [0.25, 0.3) is 15.2 Å². The molecule has 16 heavy (non-hydrogen) atoms. The first-order chi connectivity index (χ1) is 7.43. The van der Waals surface area contributed by atoms with Crippen LogP contribution in [0.1, 0.15) is 0 Å². The molecule has 0 spiro atoms. The molecule has 0 aliphatic rings. The van der Waals surface area contributed by atoms with Crippen LogP contribution >= 0.6 is 20.9 Å². The lowest BCUT2D eigenvalue weighted by molar-refractivity contribution is -0.00000279. The lowest BCUT2D eigenvalue weighted by atomic mass is 10.1. The second-order valence-electron chi connectivity index (χ2n) is 3.30. The molecule has 0 atom stereocenters. The van der Waals surface area contributed by atoms with Gasteiger partial charge in [0.1, 0.15) is 5.52 Å². The molecule has 0 fully saturated rings. The third-order valence-electron chi connectivity index (χ3n) is 2.33. The molecule has 0 unspecified atom stereocenters. The Morgan fingerprint density at radius 1 is 0.938 bits per heavy atom. The molecular formula is C12H8ClNS2. The maximum atomic E-state index is 4.31. The first kappa shape index (κ1) is 11.5. The third-order valence-corrected chi connectivity index (χ3v) is 4.17. The zero-order chi connectivity index (χ0) is 10.1. The molecule has 0 N–H and O–H groups in total. The summed E-state index contributed by atoms with van der Waals surface area (Å²) in [4.78, 5) is 0. The van der Waals surface area contributed by atoms with Gasteiger partial charge in [-0.05, 0) is 17.2 Å². The van der Waals surface area contributed by atoms with E-state index in [2.05, 4.69) is 46.8 Å². The van der Waals surface area contributed by atoms with Gasteiger partial charge in [0.15, 0.2) is 0 Å². The Morgan fingerprint density at radius 2 is 1.75 bits per heavy atom. The smallest absolute Gasteiger partial charge is 0.323 e. The Balaban J connectivity index is 0.000000963. The first-order valence-electron chi connectivity index (χ1n) is 4.68. The van der Waals surface area contributed by atoms with Crippen molar-refractivity contribution in [2.75, 3.05) is 0 Å². The van der Waals surface area contributed by atoms with Crippen LogP contribution in [0.25, 0.3) is 21.3 Å². The molecule has 3 rings (SSSR count). The van der Waals surface area contributed by atoms with Crippen LogP contribution < -0.4 is 12.4 Å². The summed E-state index contributed by atoms with van der Waals surface area (Å²) >= 11 is 0. The number of halogens is 1. The molecule has 2 aromatic carbocycles. The fraction of sp³-hybridized carbons (Fsp3) is 0. The summed E-state index contributed by atoms with van der Waals surface area (Å²) in [6, 6.07) is 16.9. The third kappa shape index (κ3) is 2.07. The second kappa shape index (κ2) is 4.87. The monoisotopic (exact) mass is 265 g/mol. The molecule has 0 radical (unpaired) electrons. The van der Waals surface area contributed by atoms with Gasteiger partial charge in [0, 0.05) is 6.07 Å². The lowest BCUT2D eigenvalue weighted by Gasteiger charge is -1.98. The van der Waals surface area contributed by atoms with Crippen molar-refractivity contribution in [2.24, 2.45) is 0 Å². The van der Waals surface area contributed by atoms with E-state index in [9.17, 15) is 0 Å². The van der Waals surface area contributed by atoms with Crippen LogP contribution in [0.5, 0.6) is 0 Å². The molecule has 1 nitrogen and oxygen atoms in total. The first-order valence-corrected chi connectivity index (χ1v) is 6.78. The van der Waals surface area contributed by atoms with Crippen molar-refractivity contribution in [2.45, 2.75) is 0 Å². The Labute approximate surface area is 107 Å². The van der Waals surface area contributed by atoms with Gasteiger partial charge in [-0.15, -0.1) is 4.37 Å². The van der Waals surface area contributed by atoms with E-state index >= 15 is 0 Å². The van der Waals surface area contributed by atoms with E-state index in [0.29, 0.717) is 0 Å². The van der Waals surface area contributed by atoms with E-state index in [1.54, 1.807) is 20.9 Å². The zero-order valence-corrected chi connectivity index (χ0v) is 10.6. The van der Waals surface area contributed by atoms with Gasteiger partial charge < -0.3 is 12.4 Å². The normalized spacial score (nSPS) is 10.0. The number of benzene rings is 2. The Hall–Kier alpha value is -1.03. The highest BCUT2D eigenvalue weighted by atomic mass is 35.5. The van der Waals surface area contributed by atoms with Crippen molar-refractivity contribution in [1.29, 1.82) is 0 Å². The zero-order valence-electron chi connectivity index (χ0n) is 8.26. The van der Waals surface area contributed by atoms with Crippen molar-refractivity contribution >= 4 is 31.1 Å². The van der Waals surface area contributed by atoms with Crippen LogP contribution in [0.4, 0.5) is 0 Å². The summed E-state index contributed by atoms with van der Waals surface area (Å²) in [7, 11) is 3.28. The van der Waals surface area contributed by atoms with E-state index in [1.165, 1.54) is 15.8 Å². The van der Waals surface area contributed by atoms with E-state index in [0.717, 1.165) is 5.52 Å². The van der Waals surface area contributed by atoms with Crippen LogP contribution in [0.15, 0.2) is 48.5 Å². The van der Waals surface area contributed by atoms with Crippen molar-refractivity contribution < 1.29 is 12.4 Å². The molecule has 0 aliphatic carbocycles. The number of fused-ring (bicyclic) bond motifs is 1. The molecule has 4 heteroatoms. The molecular weight excluding hydrogens is 258 g/mol. The number of hydrogen-bond donors (Lipinski definition) is 0. The minimum absolute atomic E-state index is 0. The van der Waals surface area contributed by atoms with Crippen LogP contribution in [0.2, 0.25) is 0 Å². The molecule has 0 saturated heterocycles. The van der Waals surface area contributed by atoms with E-state index in [-0.39, 0.29) is 12.4 Å². The second-order valence-corrected chi connectivity index (χ2v) is 5.18. The predicted molar refractivity (Wildman–Crippen MR) is 67.3 cm³/mol. The van der Waals surface area contributed by atoms with Gasteiger partial charge in [-0.2, -0.15) is 0 Å². The van der Waals surface area contributed by atoms with Crippen LogP contribution in [0, 0.1) is 0 Å².